The minimum absolute atomic E-state index is 0.0221. The van der Waals surface area contributed by atoms with Crippen LogP contribution < -0.4 is 10.1 Å². The minimum atomic E-state index is -1.19. The molecule has 1 heterocycles. The average Bonchev–Trinajstić information content (AvgIpc) is 2.98. The Morgan fingerprint density at radius 2 is 1.93 bits per heavy atom. The summed E-state index contributed by atoms with van der Waals surface area (Å²) in [6, 6.07) is 9.11. The van der Waals surface area contributed by atoms with Crippen LogP contribution >= 0.6 is 11.6 Å². The van der Waals surface area contributed by atoms with Gasteiger partial charge in [0.15, 0.2) is 0 Å². The van der Waals surface area contributed by atoms with Gasteiger partial charge in [-0.3, -0.25) is 0 Å². The number of hydrogen-bond acceptors (Lipinski definition) is 5. The number of carboxylic acids is 1. The molecular weight excluding hydrogens is 374 g/mol. The van der Waals surface area contributed by atoms with E-state index in [0.717, 1.165) is 0 Å². The van der Waals surface area contributed by atoms with Gasteiger partial charge in [-0.2, -0.15) is 0 Å². The predicted octanol–water partition coefficient (Wildman–Crippen LogP) is 4.03. The van der Waals surface area contributed by atoms with Crippen molar-refractivity contribution in [1.82, 2.24) is 5.32 Å². The first-order chi connectivity index (χ1) is 12.6. The van der Waals surface area contributed by atoms with Crippen LogP contribution in [0.5, 0.6) is 5.75 Å². The zero-order valence-corrected chi connectivity index (χ0v) is 16.1. The first kappa shape index (κ1) is 20.6. The number of rotatable bonds is 7. The van der Waals surface area contributed by atoms with E-state index < -0.39 is 23.7 Å². The molecule has 0 saturated carbocycles. The molecule has 1 atom stereocenters. The van der Waals surface area contributed by atoms with Crippen LogP contribution in [-0.2, 0) is 22.6 Å². The van der Waals surface area contributed by atoms with Crippen molar-refractivity contribution in [1.29, 1.82) is 0 Å². The van der Waals surface area contributed by atoms with Crippen LogP contribution in [0.3, 0.4) is 0 Å². The number of amides is 1. The predicted molar refractivity (Wildman–Crippen MR) is 99.0 cm³/mol. The molecule has 146 valence electrons. The number of alkyl carbamates (subject to hydrolysis) is 1. The van der Waals surface area contributed by atoms with E-state index in [0.29, 0.717) is 22.3 Å². The van der Waals surface area contributed by atoms with Gasteiger partial charge in [0.05, 0.1) is 0 Å². The van der Waals surface area contributed by atoms with E-state index in [1.807, 2.05) is 0 Å². The monoisotopic (exact) mass is 395 g/mol. The summed E-state index contributed by atoms with van der Waals surface area (Å²) in [5.41, 5.74) is -0.720. The van der Waals surface area contributed by atoms with Gasteiger partial charge in [-0.05, 0) is 51.1 Å². The number of ether oxygens (including phenoxy) is 2. The number of furan rings is 1. The second-order valence-electron chi connectivity index (χ2n) is 6.86. The van der Waals surface area contributed by atoms with E-state index in [9.17, 15) is 14.7 Å². The van der Waals surface area contributed by atoms with Crippen LogP contribution in [0.1, 0.15) is 32.3 Å². The molecular formula is C19H22ClNO6. The third-order valence-electron chi connectivity index (χ3n) is 3.29. The van der Waals surface area contributed by atoms with Gasteiger partial charge in [0, 0.05) is 11.4 Å². The summed E-state index contributed by atoms with van der Waals surface area (Å²) < 4.78 is 16.2. The number of hydrogen-bond donors (Lipinski definition) is 2. The zero-order valence-electron chi connectivity index (χ0n) is 15.3. The summed E-state index contributed by atoms with van der Waals surface area (Å²) in [6.45, 7) is 5.25. The standard InChI is InChI=1S/C19H22ClNO6/c1-19(2,3)27-18(24)21-16(17(22)23)10-14-7-8-15(26-14)11-25-13-6-4-5-12(20)9-13/h4-9,16H,10-11H2,1-3H3,(H,21,24)(H,22,23). The molecule has 0 fully saturated rings. The van der Waals surface area contributed by atoms with Crippen LogP contribution in [0.4, 0.5) is 4.79 Å². The quantitative estimate of drug-likeness (QED) is 0.734. The lowest BCUT2D eigenvalue weighted by Gasteiger charge is -2.21. The summed E-state index contributed by atoms with van der Waals surface area (Å²) in [6.07, 6.45) is -0.822. The van der Waals surface area contributed by atoms with Gasteiger partial charge in [-0.1, -0.05) is 17.7 Å². The highest BCUT2D eigenvalue weighted by Gasteiger charge is 2.25. The lowest BCUT2D eigenvalue weighted by Crippen LogP contribution is -2.44. The molecule has 2 rings (SSSR count). The summed E-state index contributed by atoms with van der Waals surface area (Å²) in [5.74, 6) is 0.332. The van der Waals surface area contributed by atoms with Gasteiger partial charge in [0.1, 0.15) is 35.5 Å². The minimum Gasteiger partial charge on any atom is -0.486 e. The number of carboxylic acid groups (broad SMARTS) is 1. The molecule has 0 aliphatic heterocycles. The molecule has 0 radical (unpaired) electrons. The highest BCUT2D eigenvalue weighted by molar-refractivity contribution is 6.30. The molecule has 0 aliphatic rings. The Hall–Kier alpha value is -2.67. The molecule has 2 N–H and O–H groups in total. The Morgan fingerprint density at radius 3 is 2.56 bits per heavy atom. The van der Waals surface area contributed by atoms with Crippen molar-refractivity contribution in [2.24, 2.45) is 0 Å². The molecule has 2 aromatic rings. The average molecular weight is 396 g/mol. The van der Waals surface area contributed by atoms with Crippen LogP contribution in [0, 0.1) is 0 Å². The molecule has 1 aromatic heterocycles. The van der Waals surface area contributed by atoms with E-state index in [1.165, 1.54) is 0 Å². The molecule has 0 aliphatic carbocycles. The Kier molecular flexibility index (Phi) is 6.74. The highest BCUT2D eigenvalue weighted by Crippen LogP contribution is 2.19. The fraction of sp³-hybridized carbons (Fsp3) is 0.368. The fourth-order valence-corrected chi connectivity index (χ4v) is 2.35. The van der Waals surface area contributed by atoms with Crippen molar-refractivity contribution in [3.63, 3.8) is 0 Å². The Bertz CT molecular complexity index is 795. The summed E-state index contributed by atoms with van der Waals surface area (Å²) in [5, 5.41) is 12.2. The van der Waals surface area contributed by atoms with Gasteiger partial charge in [0.25, 0.3) is 0 Å². The molecule has 8 heteroatoms. The van der Waals surface area contributed by atoms with Crippen molar-refractivity contribution in [3.05, 3.63) is 52.9 Å². The van der Waals surface area contributed by atoms with Crippen LogP contribution in [0.2, 0.25) is 5.02 Å². The molecule has 27 heavy (non-hydrogen) atoms. The number of benzene rings is 1. The smallest absolute Gasteiger partial charge is 0.408 e. The number of nitrogens with one attached hydrogen (secondary N) is 1. The van der Waals surface area contributed by atoms with Gasteiger partial charge >= 0.3 is 12.1 Å². The van der Waals surface area contributed by atoms with Crippen molar-refractivity contribution in [2.75, 3.05) is 0 Å². The second-order valence-corrected chi connectivity index (χ2v) is 7.29. The lowest BCUT2D eigenvalue weighted by atomic mass is 10.1. The highest BCUT2D eigenvalue weighted by atomic mass is 35.5. The van der Waals surface area contributed by atoms with Crippen molar-refractivity contribution < 1.29 is 28.6 Å². The largest absolute Gasteiger partial charge is 0.486 e. The van der Waals surface area contributed by atoms with Gasteiger partial charge in [-0.15, -0.1) is 0 Å². The van der Waals surface area contributed by atoms with Crippen LogP contribution in [0.15, 0.2) is 40.8 Å². The maximum Gasteiger partial charge on any atom is 0.408 e. The summed E-state index contributed by atoms with van der Waals surface area (Å²) in [7, 11) is 0. The SMILES string of the molecule is CC(C)(C)OC(=O)NC(Cc1ccc(COc2cccc(Cl)c2)o1)C(=O)O. The van der Waals surface area contributed by atoms with Crippen molar-refractivity contribution >= 4 is 23.7 Å². The molecule has 7 nitrogen and oxygen atoms in total. The number of aliphatic carboxylic acids is 1. The van der Waals surface area contributed by atoms with Crippen LogP contribution in [0.25, 0.3) is 0 Å². The Labute approximate surface area is 162 Å². The Balaban J connectivity index is 1.93. The maximum absolute atomic E-state index is 11.8. The van der Waals surface area contributed by atoms with Crippen molar-refractivity contribution in [2.45, 2.75) is 45.4 Å². The number of carbonyl (C=O) groups is 2. The fourth-order valence-electron chi connectivity index (χ4n) is 2.17. The first-order valence-electron chi connectivity index (χ1n) is 8.30. The van der Waals surface area contributed by atoms with E-state index in [4.69, 9.17) is 25.5 Å². The Morgan fingerprint density at radius 1 is 1.22 bits per heavy atom. The third kappa shape index (κ3) is 7.22. The van der Waals surface area contributed by atoms with E-state index in [2.05, 4.69) is 5.32 Å². The summed E-state index contributed by atoms with van der Waals surface area (Å²) >= 11 is 5.90. The van der Waals surface area contributed by atoms with E-state index in [1.54, 1.807) is 57.2 Å². The van der Waals surface area contributed by atoms with Gasteiger partial charge in [-0.25, -0.2) is 9.59 Å². The van der Waals surface area contributed by atoms with Crippen molar-refractivity contribution in [3.8, 4) is 5.75 Å². The molecule has 1 aromatic carbocycles. The third-order valence-corrected chi connectivity index (χ3v) is 3.52. The van der Waals surface area contributed by atoms with E-state index in [-0.39, 0.29) is 13.0 Å². The molecule has 1 amide bonds. The summed E-state index contributed by atoms with van der Waals surface area (Å²) in [4.78, 5) is 23.2. The van der Waals surface area contributed by atoms with Crippen LogP contribution in [-0.4, -0.2) is 28.8 Å². The molecule has 0 bridgehead atoms. The molecule has 0 spiro atoms. The second kappa shape index (κ2) is 8.81. The van der Waals surface area contributed by atoms with E-state index >= 15 is 0 Å². The van der Waals surface area contributed by atoms with Gasteiger partial charge < -0.3 is 24.3 Å². The number of halogens is 1. The van der Waals surface area contributed by atoms with Gasteiger partial charge in [0.2, 0.25) is 0 Å². The maximum atomic E-state index is 11.8. The molecule has 0 saturated heterocycles. The number of carbonyl (C=O) groups excluding carboxylic acids is 1. The lowest BCUT2D eigenvalue weighted by molar-refractivity contribution is -0.139. The topological polar surface area (TPSA) is 98.0 Å². The molecule has 1 unspecified atom stereocenters. The zero-order chi connectivity index (χ0) is 20.0. The normalized spacial score (nSPS) is 12.3. The first-order valence-corrected chi connectivity index (χ1v) is 8.68.